The first-order valence-corrected chi connectivity index (χ1v) is 5.43. The van der Waals surface area contributed by atoms with Gasteiger partial charge in [0, 0.05) is 18.5 Å². The van der Waals surface area contributed by atoms with Crippen molar-refractivity contribution in [1.82, 2.24) is 10.6 Å². The van der Waals surface area contributed by atoms with E-state index in [2.05, 4.69) is 15.6 Å². The molecule has 0 aromatic rings. The van der Waals surface area contributed by atoms with Crippen LogP contribution in [-0.4, -0.2) is 30.5 Å². The monoisotopic (exact) mass is 212 g/mol. The third-order valence-corrected chi connectivity index (χ3v) is 2.00. The molecule has 0 spiro atoms. The third-order valence-electron chi connectivity index (χ3n) is 2.00. The average molecular weight is 212 g/mol. The number of carbonyl (C=O) groups excluding carboxylic acids is 1. The van der Waals surface area contributed by atoms with E-state index in [1.54, 1.807) is 0 Å². The molecule has 1 aliphatic carbocycles. The molecular weight excluding hydrogens is 192 g/mol. The van der Waals surface area contributed by atoms with E-state index in [1.165, 1.54) is 12.8 Å². The van der Waals surface area contributed by atoms with Gasteiger partial charge in [0.1, 0.15) is 0 Å². The van der Waals surface area contributed by atoms with E-state index in [4.69, 9.17) is 5.73 Å². The Kier molecular flexibility index (Phi) is 4.39. The summed E-state index contributed by atoms with van der Waals surface area (Å²) in [5, 5.41) is 5.86. The summed E-state index contributed by atoms with van der Waals surface area (Å²) >= 11 is 0. The van der Waals surface area contributed by atoms with Crippen molar-refractivity contribution in [2.24, 2.45) is 10.7 Å². The number of guanidine groups is 1. The maximum atomic E-state index is 11.2. The number of carbonyl (C=O) groups is 1. The van der Waals surface area contributed by atoms with E-state index in [0.29, 0.717) is 25.0 Å². The zero-order chi connectivity index (χ0) is 11.3. The number of rotatable bonds is 5. The van der Waals surface area contributed by atoms with Crippen molar-refractivity contribution in [3.8, 4) is 0 Å². The lowest BCUT2D eigenvalue weighted by Crippen LogP contribution is -2.34. The topological polar surface area (TPSA) is 79.5 Å². The Balaban J connectivity index is 2.10. The minimum absolute atomic E-state index is 0.0213. The van der Waals surface area contributed by atoms with Crippen LogP contribution in [0.5, 0.6) is 0 Å². The summed E-state index contributed by atoms with van der Waals surface area (Å²) in [6.45, 7) is 4.32. The van der Waals surface area contributed by atoms with Crippen LogP contribution in [0.4, 0.5) is 0 Å². The molecule has 1 aliphatic rings. The van der Waals surface area contributed by atoms with Gasteiger partial charge >= 0.3 is 0 Å². The van der Waals surface area contributed by atoms with E-state index in [-0.39, 0.29) is 11.9 Å². The second-order valence-electron chi connectivity index (χ2n) is 4.16. The summed E-state index contributed by atoms with van der Waals surface area (Å²) in [5.74, 6) is 0.475. The van der Waals surface area contributed by atoms with Gasteiger partial charge in [-0.2, -0.15) is 0 Å². The smallest absolute Gasteiger partial charge is 0.222 e. The first-order valence-electron chi connectivity index (χ1n) is 5.43. The Bertz CT molecular complexity index is 246. The lowest BCUT2D eigenvalue weighted by atomic mass is 10.3. The third kappa shape index (κ3) is 5.93. The zero-order valence-electron chi connectivity index (χ0n) is 9.42. The molecule has 15 heavy (non-hydrogen) atoms. The van der Waals surface area contributed by atoms with Crippen molar-refractivity contribution < 1.29 is 4.79 Å². The summed E-state index contributed by atoms with van der Waals surface area (Å²) in [6, 6.07) is 0.696. The lowest BCUT2D eigenvalue weighted by molar-refractivity contribution is -0.121. The molecule has 86 valence electrons. The normalized spacial score (nSPS) is 16.6. The van der Waals surface area contributed by atoms with Crippen LogP contribution >= 0.6 is 0 Å². The Morgan fingerprint density at radius 1 is 1.53 bits per heavy atom. The molecule has 5 heteroatoms. The molecule has 0 bridgehead atoms. The number of hydrogen-bond acceptors (Lipinski definition) is 2. The molecule has 1 amide bonds. The summed E-state index contributed by atoms with van der Waals surface area (Å²) in [5.41, 5.74) is 5.61. The van der Waals surface area contributed by atoms with Crippen molar-refractivity contribution in [3.05, 3.63) is 0 Å². The fourth-order valence-electron chi connectivity index (χ4n) is 1.15. The number of aliphatic imine (C=N–C) groups is 1. The number of nitrogens with two attached hydrogens (primary N) is 1. The molecule has 0 unspecified atom stereocenters. The Labute approximate surface area is 90.5 Å². The minimum Gasteiger partial charge on any atom is -0.370 e. The number of amides is 1. The predicted octanol–water partition coefficient (Wildman–Crippen LogP) is -0.0322. The van der Waals surface area contributed by atoms with Gasteiger partial charge in [0.05, 0.1) is 6.54 Å². The fourth-order valence-corrected chi connectivity index (χ4v) is 1.15. The van der Waals surface area contributed by atoms with Crippen LogP contribution in [0.2, 0.25) is 0 Å². The van der Waals surface area contributed by atoms with Crippen molar-refractivity contribution in [2.75, 3.05) is 6.54 Å². The lowest BCUT2D eigenvalue weighted by Gasteiger charge is -2.07. The second-order valence-corrected chi connectivity index (χ2v) is 4.16. The highest BCUT2D eigenvalue weighted by Gasteiger charge is 2.21. The van der Waals surface area contributed by atoms with Crippen molar-refractivity contribution in [2.45, 2.75) is 45.2 Å². The van der Waals surface area contributed by atoms with Gasteiger partial charge < -0.3 is 16.4 Å². The molecule has 0 heterocycles. The predicted molar refractivity (Wildman–Crippen MR) is 60.5 cm³/mol. The molecule has 0 aliphatic heterocycles. The molecule has 1 rings (SSSR count). The van der Waals surface area contributed by atoms with Gasteiger partial charge in [0.25, 0.3) is 0 Å². The molecule has 4 N–H and O–H groups in total. The highest BCUT2D eigenvalue weighted by Crippen LogP contribution is 2.17. The Morgan fingerprint density at radius 2 is 2.20 bits per heavy atom. The largest absolute Gasteiger partial charge is 0.370 e. The highest BCUT2D eigenvalue weighted by molar-refractivity contribution is 5.79. The number of nitrogens with one attached hydrogen (secondary N) is 2. The Morgan fingerprint density at radius 3 is 2.73 bits per heavy atom. The van der Waals surface area contributed by atoms with Gasteiger partial charge in [-0.25, -0.2) is 0 Å². The van der Waals surface area contributed by atoms with Gasteiger partial charge in [-0.1, -0.05) is 0 Å². The summed E-state index contributed by atoms with van der Waals surface area (Å²) in [7, 11) is 0. The molecule has 1 fully saturated rings. The molecule has 1 saturated carbocycles. The molecule has 0 atom stereocenters. The Hall–Kier alpha value is -1.26. The quantitative estimate of drug-likeness (QED) is 0.442. The molecule has 5 nitrogen and oxygen atoms in total. The summed E-state index contributed by atoms with van der Waals surface area (Å²) in [6.07, 6.45) is 2.74. The fraction of sp³-hybridized carbons (Fsp3) is 0.800. The van der Waals surface area contributed by atoms with Crippen molar-refractivity contribution in [1.29, 1.82) is 0 Å². The average Bonchev–Trinajstić information content (AvgIpc) is 2.86. The summed E-state index contributed by atoms with van der Waals surface area (Å²) in [4.78, 5) is 15.3. The zero-order valence-corrected chi connectivity index (χ0v) is 9.42. The molecule has 0 saturated heterocycles. The van der Waals surface area contributed by atoms with Gasteiger partial charge in [-0.05, 0) is 26.7 Å². The first kappa shape index (κ1) is 11.8. The maximum absolute atomic E-state index is 11.2. The van der Waals surface area contributed by atoms with E-state index in [1.807, 2.05) is 13.8 Å². The summed E-state index contributed by atoms with van der Waals surface area (Å²) < 4.78 is 0. The van der Waals surface area contributed by atoms with Gasteiger partial charge in [0.15, 0.2) is 5.96 Å². The van der Waals surface area contributed by atoms with Crippen LogP contribution in [0, 0.1) is 0 Å². The van der Waals surface area contributed by atoms with E-state index < -0.39 is 0 Å². The second kappa shape index (κ2) is 5.58. The molecule has 0 radical (unpaired) electrons. The SMILES string of the molecule is CC(C)NC(=O)CCN=C(N)NC1CC1. The van der Waals surface area contributed by atoms with Crippen molar-refractivity contribution >= 4 is 11.9 Å². The van der Waals surface area contributed by atoms with Crippen LogP contribution in [0.15, 0.2) is 4.99 Å². The van der Waals surface area contributed by atoms with Gasteiger partial charge in [-0.15, -0.1) is 0 Å². The molecule has 0 aromatic carbocycles. The highest BCUT2D eigenvalue weighted by atomic mass is 16.1. The maximum Gasteiger partial charge on any atom is 0.222 e. The molecule has 0 aromatic heterocycles. The van der Waals surface area contributed by atoms with E-state index in [9.17, 15) is 4.79 Å². The van der Waals surface area contributed by atoms with Gasteiger partial charge in [0.2, 0.25) is 5.91 Å². The molecular formula is C10H20N4O. The van der Waals surface area contributed by atoms with Crippen LogP contribution in [0.25, 0.3) is 0 Å². The standard InChI is InChI=1S/C10H20N4O/c1-7(2)13-9(15)5-6-12-10(11)14-8-3-4-8/h7-8H,3-6H2,1-2H3,(H,13,15)(H3,11,12,14). The number of nitrogens with zero attached hydrogens (tertiary/aromatic N) is 1. The van der Waals surface area contributed by atoms with E-state index in [0.717, 1.165) is 0 Å². The minimum atomic E-state index is 0.0213. The van der Waals surface area contributed by atoms with Crippen LogP contribution in [-0.2, 0) is 4.79 Å². The van der Waals surface area contributed by atoms with Crippen LogP contribution in [0.3, 0.4) is 0 Å². The van der Waals surface area contributed by atoms with E-state index >= 15 is 0 Å². The van der Waals surface area contributed by atoms with Gasteiger partial charge in [-0.3, -0.25) is 9.79 Å². The van der Waals surface area contributed by atoms with Crippen LogP contribution < -0.4 is 16.4 Å². The number of hydrogen-bond donors (Lipinski definition) is 3. The first-order chi connectivity index (χ1) is 7.08. The van der Waals surface area contributed by atoms with Crippen molar-refractivity contribution in [3.63, 3.8) is 0 Å². The van der Waals surface area contributed by atoms with Crippen LogP contribution in [0.1, 0.15) is 33.1 Å².